The maximum Gasteiger partial charge on any atom is 0.198 e. The average Bonchev–Trinajstić information content (AvgIpc) is 3.10. The minimum atomic E-state index is -0.231. The maximum atomic E-state index is 9.89. The molecule has 0 amide bonds. The fraction of sp³-hybridized carbons (Fsp3) is 0.588. The molecule has 0 radical (unpaired) electrons. The van der Waals surface area contributed by atoms with Crippen LogP contribution < -0.4 is 10.1 Å². The normalized spacial score (nSPS) is 21.9. The van der Waals surface area contributed by atoms with Crippen molar-refractivity contribution in [2.45, 2.75) is 57.7 Å². The largest absolute Gasteiger partial charge is 0.493 e. The fourth-order valence-corrected chi connectivity index (χ4v) is 3.00. The Morgan fingerprint density at radius 3 is 2.86 bits per heavy atom. The number of aliphatic hydroxyl groups excluding tert-OH is 1. The molecule has 0 bridgehead atoms. The minimum absolute atomic E-state index is 0.185. The molecule has 1 aliphatic carbocycles. The Balaban J connectivity index is 1.83. The summed E-state index contributed by atoms with van der Waals surface area (Å²) in [5, 5.41) is 13.3. The molecule has 0 saturated heterocycles. The average molecular weight is 304 g/mol. The van der Waals surface area contributed by atoms with Crippen molar-refractivity contribution in [2.75, 3.05) is 7.11 Å². The Morgan fingerprint density at radius 1 is 1.41 bits per heavy atom. The third-order valence-electron chi connectivity index (χ3n) is 4.29. The third-order valence-corrected chi connectivity index (χ3v) is 4.29. The van der Waals surface area contributed by atoms with Crippen molar-refractivity contribution in [3.05, 3.63) is 23.6 Å². The number of hydrogen-bond acceptors (Lipinski definition) is 5. The molecule has 0 unspecified atom stereocenters. The lowest BCUT2D eigenvalue weighted by Gasteiger charge is -2.16. The van der Waals surface area contributed by atoms with Gasteiger partial charge in [-0.3, -0.25) is 0 Å². The van der Waals surface area contributed by atoms with E-state index in [4.69, 9.17) is 9.15 Å². The van der Waals surface area contributed by atoms with E-state index in [1.54, 1.807) is 7.11 Å². The van der Waals surface area contributed by atoms with Gasteiger partial charge >= 0.3 is 0 Å². The first-order valence-corrected chi connectivity index (χ1v) is 7.97. The van der Waals surface area contributed by atoms with Crippen LogP contribution in [0.5, 0.6) is 5.75 Å². The summed E-state index contributed by atoms with van der Waals surface area (Å²) in [6.45, 7) is 4.81. The van der Waals surface area contributed by atoms with Crippen LogP contribution >= 0.6 is 0 Å². The van der Waals surface area contributed by atoms with Gasteiger partial charge in [-0.15, -0.1) is 0 Å². The summed E-state index contributed by atoms with van der Waals surface area (Å²) < 4.78 is 11.2. The van der Waals surface area contributed by atoms with E-state index in [0.29, 0.717) is 17.9 Å². The fourth-order valence-electron chi connectivity index (χ4n) is 3.00. The lowest BCUT2D eigenvalue weighted by Crippen LogP contribution is -2.35. The van der Waals surface area contributed by atoms with E-state index in [1.807, 2.05) is 12.1 Å². The predicted molar refractivity (Wildman–Crippen MR) is 85.1 cm³/mol. The van der Waals surface area contributed by atoms with Crippen LogP contribution in [0, 0.1) is 0 Å². The van der Waals surface area contributed by atoms with E-state index in [9.17, 15) is 5.11 Å². The van der Waals surface area contributed by atoms with Crippen molar-refractivity contribution in [1.29, 1.82) is 0 Å². The quantitative estimate of drug-likeness (QED) is 0.889. The lowest BCUT2D eigenvalue weighted by atomic mass is 10.1. The van der Waals surface area contributed by atoms with Gasteiger partial charge in [0, 0.05) is 18.5 Å². The minimum Gasteiger partial charge on any atom is -0.493 e. The van der Waals surface area contributed by atoms with Gasteiger partial charge in [-0.25, -0.2) is 4.98 Å². The van der Waals surface area contributed by atoms with E-state index in [1.165, 1.54) is 0 Å². The maximum absolute atomic E-state index is 9.89. The van der Waals surface area contributed by atoms with Crippen LogP contribution in [0.2, 0.25) is 0 Å². The first kappa shape index (κ1) is 15.3. The van der Waals surface area contributed by atoms with Gasteiger partial charge in [0.15, 0.2) is 17.2 Å². The molecule has 0 spiro atoms. The molecule has 1 aromatic carbocycles. The van der Waals surface area contributed by atoms with Crippen molar-refractivity contribution < 1.29 is 14.3 Å². The van der Waals surface area contributed by atoms with E-state index >= 15 is 0 Å². The van der Waals surface area contributed by atoms with Crippen molar-refractivity contribution in [2.24, 2.45) is 0 Å². The summed E-state index contributed by atoms with van der Waals surface area (Å²) in [4.78, 5) is 4.55. The molecule has 1 saturated carbocycles. The molecule has 0 aliphatic heterocycles. The van der Waals surface area contributed by atoms with Crippen LogP contribution in [-0.4, -0.2) is 29.3 Å². The number of hydrogen-bond donors (Lipinski definition) is 2. The van der Waals surface area contributed by atoms with Crippen LogP contribution in [0.3, 0.4) is 0 Å². The highest BCUT2D eigenvalue weighted by molar-refractivity contribution is 5.80. The number of nitrogens with one attached hydrogen (secondary N) is 1. The molecule has 5 heteroatoms. The summed E-state index contributed by atoms with van der Waals surface area (Å²) in [6.07, 6.45) is 2.77. The number of nitrogens with zero attached hydrogens (tertiary/aromatic N) is 1. The Bertz CT molecular complexity index is 651. The van der Waals surface area contributed by atoms with Crippen molar-refractivity contribution in [3.8, 4) is 5.75 Å². The van der Waals surface area contributed by atoms with E-state index in [0.717, 1.165) is 36.2 Å². The summed E-state index contributed by atoms with van der Waals surface area (Å²) in [5.41, 5.74) is 2.62. The van der Waals surface area contributed by atoms with E-state index in [2.05, 4.69) is 24.1 Å². The number of rotatable bonds is 5. The predicted octanol–water partition coefficient (Wildman–Crippen LogP) is 2.96. The van der Waals surface area contributed by atoms with Crippen LogP contribution in [-0.2, 0) is 6.54 Å². The highest BCUT2D eigenvalue weighted by Gasteiger charge is 2.24. The van der Waals surface area contributed by atoms with Crippen LogP contribution in [0.15, 0.2) is 16.5 Å². The molecule has 1 aliphatic rings. The van der Waals surface area contributed by atoms with Crippen LogP contribution in [0.4, 0.5) is 0 Å². The first-order chi connectivity index (χ1) is 10.6. The molecule has 22 heavy (non-hydrogen) atoms. The van der Waals surface area contributed by atoms with Gasteiger partial charge in [-0.2, -0.15) is 0 Å². The molecule has 2 atom stereocenters. The van der Waals surface area contributed by atoms with Gasteiger partial charge in [-0.05, 0) is 37.0 Å². The van der Waals surface area contributed by atoms with E-state index < -0.39 is 0 Å². The standard InChI is InChI=1S/C17H24N2O3/c1-10(2)17-19-13-7-11(8-15(21-3)16(13)22-17)9-18-12-5-4-6-14(12)20/h7-8,10,12,14,18,20H,4-6,9H2,1-3H3/t12-,14-/m1/s1. The molecular weight excluding hydrogens is 280 g/mol. The van der Waals surface area contributed by atoms with Gasteiger partial charge in [0.05, 0.1) is 13.2 Å². The molecular formula is C17H24N2O3. The second-order valence-corrected chi connectivity index (χ2v) is 6.34. The van der Waals surface area contributed by atoms with Crippen molar-refractivity contribution >= 4 is 11.1 Å². The number of oxazole rings is 1. The van der Waals surface area contributed by atoms with Gasteiger partial charge in [0.2, 0.25) is 0 Å². The monoisotopic (exact) mass is 304 g/mol. The zero-order valence-corrected chi connectivity index (χ0v) is 13.4. The Hall–Kier alpha value is -1.59. The number of ether oxygens (including phenoxy) is 1. The smallest absolute Gasteiger partial charge is 0.198 e. The molecule has 120 valence electrons. The number of aliphatic hydroxyl groups is 1. The molecule has 1 aromatic heterocycles. The third kappa shape index (κ3) is 2.96. The molecule has 2 aromatic rings. The highest BCUT2D eigenvalue weighted by Crippen LogP contribution is 2.30. The molecule has 3 rings (SSSR count). The molecule has 2 N–H and O–H groups in total. The number of aromatic nitrogens is 1. The zero-order chi connectivity index (χ0) is 15.7. The summed E-state index contributed by atoms with van der Waals surface area (Å²) in [5.74, 6) is 1.68. The first-order valence-electron chi connectivity index (χ1n) is 7.97. The number of methoxy groups -OCH3 is 1. The highest BCUT2D eigenvalue weighted by atomic mass is 16.5. The SMILES string of the molecule is COc1cc(CN[C@@H]2CCC[C@H]2O)cc2nc(C(C)C)oc12. The Labute approximate surface area is 130 Å². The van der Waals surface area contributed by atoms with Gasteiger partial charge in [-0.1, -0.05) is 13.8 Å². The molecule has 1 fully saturated rings. The Morgan fingerprint density at radius 2 is 2.23 bits per heavy atom. The Kier molecular flexibility index (Phi) is 4.36. The lowest BCUT2D eigenvalue weighted by molar-refractivity contribution is 0.148. The topological polar surface area (TPSA) is 67.5 Å². The summed E-state index contributed by atoms with van der Waals surface area (Å²) >= 11 is 0. The van der Waals surface area contributed by atoms with Gasteiger partial charge < -0.3 is 19.6 Å². The van der Waals surface area contributed by atoms with Crippen molar-refractivity contribution in [3.63, 3.8) is 0 Å². The summed E-state index contributed by atoms with van der Waals surface area (Å²) in [6, 6.07) is 4.19. The second-order valence-electron chi connectivity index (χ2n) is 6.34. The molecule has 1 heterocycles. The number of fused-ring (bicyclic) bond motifs is 1. The van der Waals surface area contributed by atoms with Gasteiger partial charge in [0.1, 0.15) is 5.52 Å². The van der Waals surface area contributed by atoms with Crippen molar-refractivity contribution in [1.82, 2.24) is 10.3 Å². The number of benzene rings is 1. The second kappa shape index (κ2) is 6.26. The van der Waals surface area contributed by atoms with Crippen LogP contribution in [0.25, 0.3) is 11.1 Å². The zero-order valence-electron chi connectivity index (χ0n) is 13.4. The van der Waals surface area contributed by atoms with Gasteiger partial charge in [0.25, 0.3) is 0 Å². The van der Waals surface area contributed by atoms with Crippen LogP contribution in [0.1, 0.15) is 50.5 Å². The van der Waals surface area contributed by atoms with E-state index in [-0.39, 0.29) is 18.1 Å². The summed E-state index contributed by atoms with van der Waals surface area (Å²) in [7, 11) is 1.64. The molecule has 5 nitrogen and oxygen atoms in total.